The van der Waals surface area contributed by atoms with Crippen molar-refractivity contribution in [2.45, 2.75) is 17.9 Å². The second-order valence-corrected chi connectivity index (χ2v) is 9.61. The molecule has 3 aromatic carbocycles. The van der Waals surface area contributed by atoms with E-state index in [-0.39, 0.29) is 17.5 Å². The van der Waals surface area contributed by atoms with Crippen molar-refractivity contribution in [1.29, 1.82) is 0 Å². The number of hydrogen-bond acceptors (Lipinski definition) is 4. The molecular weight excluding hydrogens is 480 g/mol. The van der Waals surface area contributed by atoms with E-state index in [1.807, 2.05) is 31.2 Å². The molecular formula is C23H23BrN2O4S. The third-order valence-electron chi connectivity index (χ3n) is 4.70. The van der Waals surface area contributed by atoms with E-state index in [1.54, 1.807) is 49.6 Å². The van der Waals surface area contributed by atoms with Crippen LogP contribution >= 0.6 is 15.9 Å². The lowest BCUT2D eigenvalue weighted by molar-refractivity contribution is -0.120. The molecule has 3 rings (SSSR count). The number of carbonyl (C=O) groups excluding carboxylic acids is 1. The fraction of sp³-hybridized carbons (Fsp3) is 0.174. The van der Waals surface area contributed by atoms with Gasteiger partial charge in [-0.05, 0) is 43.3 Å². The first-order valence-electron chi connectivity index (χ1n) is 9.58. The minimum absolute atomic E-state index is 0.112. The normalized spacial score (nSPS) is 12.1. The molecule has 0 bridgehead atoms. The maximum Gasteiger partial charge on any atom is 0.264 e. The first-order chi connectivity index (χ1) is 14.8. The monoisotopic (exact) mass is 502 g/mol. The molecule has 0 aliphatic rings. The Kier molecular flexibility index (Phi) is 7.35. The molecule has 0 saturated carbocycles. The third-order valence-corrected chi connectivity index (χ3v) is 6.98. The molecule has 0 radical (unpaired) electrons. The second kappa shape index (κ2) is 9.98. The van der Waals surface area contributed by atoms with Crippen LogP contribution in [0.3, 0.4) is 0 Å². The summed E-state index contributed by atoms with van der Waals surface area (Å²) in [6.07, 6.45) is 0. The van der Waals surface area contributed by atoms with E-state index in [1.165, 1.54) is 12.1 Å². The van der Waals surface area contributed by atoms with Crippen LogP contribution in [-0.4, -0.2) is 28.0 Å². The Hall–Kier alpha value is -2.84. The number of anilines is 1. The summed E-state index contributed by atoms with van der Waals surface area (Å²) in [5, 5.41) is 2.87. The van der Waals surface area contributed by atoms with Gasteiger partial charge in [-0.25, -0.2) is 8.42 Å². The van der Waals surface area contributed by atoms with Crippen LogP contribution in [0.15, 0.2) is 88.2 Å². The minimum Gasteiger partial charge on any atom is -0.496 e. The van der Waals surface area contributed by atoms with E-state index < -0.39 is 15.9 Å². The van der Waals surface area contributed by atoms with Gasteiger partial charge in [0.1, 0.15) is 12.3 Å². The van der Waals surface area contributed by atoms with Crippen molar-refractivity contribution in [2.24, 2.45) is 0 Å². The predicted octanol–water partition coefficient (Wildman–Crippen LogP) is 4.53. The summed E-state index contributed by atoms with van der Waals surface area (Å²) in [5.41, 5.74) is 1.19. The Balaban J connectivity index is 1.89. The van der Waals surface area contributed by atoms with Gasteiger partial charge in [-0.2, -0.15) is 0 Å². The van der Waals surface area contributed by atoms with Crippen LogP contribution in [0, 0.1) is 0 Å². The van der Waals surface area contributed by atoms with Crippen molar-refractivity contribution in [3.05, 3.63) is 88.9 Å². The van der Waals surface area contributed by atoms with Gasteiger partial charge in [0, 0.05) is 10.0 Å². The van der Waals surface area contributed by atoms with E-state index in [0.717, 1.165) is 9.87 Å². The van der Waals surface area contributed by atoms with Gasteiger partial charge < -0.3 is 10.1 Å². The SMILES string of the molecule is COc1ccccc1C(C)NC(=O)CN(c1cccc(Br)c1)S(=O)(=O)c1ccccc1. The number of nitrogens with zero attached hydrogens (tertiary/aromatic N) is 1. The number of benzene rings is 3. The topological polar surface area (TPSA) is 75.7 Å². The Morgan fingerprint density at radius 1 is 1.03 bits per heavy atom. The van der Waals surface area contributed by atoms with Gasteiger partial charge in [0.25, 0.3) is 10.0 Å². The molecule has 3 aromatic rings. The number of halogens is 1. The van der Waals surface area contributed by atoms with Gasteiger partial charge in [0.05, 0.1) is 23.7 Å². The van der Waals surface area contributed by atoms with E-state index >= 15 is 0 Å². The molecule has 8 heteroatoms. The molecule has 0 fully saturated rings. The van der Waals surface area contributed by atoms with Crippen molar-refractivity contribution < 1.29 is 17.9 Å². The molecule has 1 N–H and O–H groups in total. The van der Waals surface area contributed by atoms with E-state index in [4.69, 9.17) is 4.74 Å². The molecule has 6 nitrogen and oxygen atoms in total. The largest absolute Gasteiger partial charge is 0.496 e. The number of nitrogens with one attached hydrogen (secondary N) is 1. The van der Waals surface area contributed by atoms with Crippen LogP contribution in [0.2, 0.25) is 0 Å². The summed E-state index contributed by atoms with van der Waals surface area (Å²) in [6, 6.07) is 21.9. The van der Waals surface area contributed by atoms with E-state index in [0.29, 0.717) is 15.9 Å². The van der Waals surface area contributed by atoms with Crippen LogP contribution in [0.4, 0.5) is 5.69 Å². The van der Waals surface area contributed by atoms with Crippen molar-refractivity contribution in [1.82, 2.24) is 5.32 Å². The van der Waals surface area contributed by atoms with E-state index in [2.05, 4.69) is 21.2 Å². The zero-order valence-electron chi connectivity index (χ0n) is 17.2. The second-order valence-electron chi connectivity index (χ2n) is 6.84. The van der Waals surface area contributed by atoms with Gasteiger partial charge >= 0.3 is 0 Å². The molecule has 0 aliphatic heterocycles. The lowest BCUT2D eigenvalue weighted by Crippen LogP contribution is -2.41. The number of amides is 1. The molecule has 1 unspecified atom stereocenters. The molecule has 162 valence electrons. The summed E-state index contributed by atoms with van der Waals surface area (Å²) in [4.78, 5) is 13.0. The van der Waals surface area contributed by atoms with Gasteiger partial charge in [-0.1, -0.05) is 58.4 Å². The molecule has 1 amide bonds. The van der Waals surface area contributed by atoms with Crippen LogP contribution in [0.25, 0.3) is 0 Å². The number of sulfonamides is 1. The number of para-hydroxylation sites is 1. The minimum atomic E-state index is -3.95. The average Bonchev–Trinajstić information content (AvgIpc) is 2.77. The van der Waals surface area contributed by atoms with Crippen molar-refractivity contribution in [2.75, 3.05) is 18.0 Å². The Bertz CT molecular complexity index is 1150. The summed E-state index contributed by atoms with van der Waals surface area (Å²) in [7, 11) is -2.39. The fourth-order valence-electron chi connectivity index (χ4n) is 3.19. The maximum atomic E-state index is 13.3. The number of ether oxygens (including phenoxy) is 1. The maximum absolute atomic E-state index is 13.3. The number of rotatable bonds is 8. The Morgan fingerprint density at radius 3 is 2.39 bits per heavy atom. The van der Waals surface area contributed by atoms with Crippen LogP contribution in [0.1, 0.15) is 18.5 Å². The smallest absolute Gasteiger partial charge is 0.264 e. The first-order valence-corrected chi connectivity index (χ1v) is 11.8. The molecule has 0 aromatic heterocycles. The first kappa shape index (κ1) is 22.8. The number of hydrogen-bond donors (Lipinski definition) is 1. The summed E-state index contributed by atoms with van der Waals surface area (Å²) >= 11 is 3.37. The molecule has 0 aliphatic carbocycles. The van der Waals surface area contributed by atoms with Crippen molar-refractivity contribution >= 4 is 37.5 Å². The van der Waals surface area contributed by atoms with Crippen LogP contribution < -0.4 is 14.4 Å². The highest BCUT2D eigenvalue weighted by atomic mass is 79.9. The zero-order chi connectivity index (χ0) is 22.4. The number of methoxy groups -OCH3 is 1. The number of carbonyl (C=O) groups is 1. The highest BCUT2D eigenvalue weighted by Gasteiger charge is 2.28. The highest BCUT2D eigenvalue weighted by Crippen LogP contribution is 2.27. The van der Waals surface area contributed by atoms with Crippen LogP contribution in [0.5, 0.6) is 5.75 Å². The third kappa shape index (κ3) is 5.45. The molecule has 0 saturated heterocycles. The molecule has 0 spiro atoms. The lowest BCUT2D eigenvalue weighted by atomic mass is 10.1. The molecule has 0 heterocycles. The quantitative estimate of drug-likeness (QED) is 0.490. The van der Waals surface area contributed by atoms with Gasteiger partial charge in [-0.15, -0.1) is 0 Å². The van der Waals surface area contributed by atoms with Gasteiger partial charge in [-0.3, -0.25) is 9.10 Å². The molecule has 31 heavy (non-hydrogen) atoms. The van der Waals surface area contributed by atoms with Gasteiger partial charge in [0.15, 0.2) is 0 Å². The molecule has 1 atom stereocenters. The lowest BCUT2D eigenvalue weighted by Gasteiger charge is -2.25. The average molecular weight is 503 g/mol. The summed E-state index contributed by atoms with van der Waals surface area (Å²) in [6.45, 7) is 1.46. The Morgan fingerprint density at radius 2 is 1.71 bits per heavy atom. The Labute approximate surface area is 191 Å². The van der Waals surface area contributed by atoms with Crippen molar-refractivity contribution in [3.8, 4) is 5.75 Å². The van der Waals surface area contributed by atoms with Crippen molar-refractivity contribution in [3.63, 3.8) is 0 Å². The standard InChI is InChI=1S/C23H23BrN2O4S/c1-17(21-13-6-7-14-22(21)30-2)25-23(27)16-26(19-10-8-9-18(24)15-19)31(28,29)20-11-4-3-5-12-20/h3-15,17H,16H2,1-2H3,(H,25,27). The zero-order valence-corrected chi connectivity index (χ0v) is 19.6. The summed E-state index contributed by atoms with van der Waals surface area (Å²) < 4.78 is 33.9. The van der Waals surface area contributed by atoms with Crippen LogP contribution in [-0.2, 0) is 14.8 Å². The van der Waals surface area contributed by atoms with E-state index in [9.17, 15) is 13.2 Å². The summed E-state index contributed by atoms with van der Waals surface area (Å²) in [5.74, 6) is 0.217. The van der Waals surface area contributed by atoms with Gasteiger partial charge in [0.2, 0.25) is 5.91 Å². The highest BCUT2D eigenvalue weighted by molar-refractivity contribution is 9.10. The fourth-order valence-corrected chi connectivity index (χ4v) is 5.01. The predicted molar refractivity (Wildman–Crippen MR) is 125 cm³/mol.